The average molecular weight is 371 g/mol. The van der Waals surface area contributed by atoms with Crippen molar-refractivity contribution in [3.8, 4) is 11.5 Å². The van der Waals surface area contributed by atoms with E-state index in [1.807, 2.05) is 0 Å². The van der Waals surface area contributed by atoms with Crippen molar-refractivity contribution in [3.05, 3.63) is 23.8 Å². The van der Waals surface area contributed by atoms with Gasteiger partial charge in [0.25, 0.3) is 0 Å². The number of amides is 1. The summed E-state index contributed by atoms with van der Waals surface area (Å²) in [6, 6.07) is 2.73. The second-order valence-corrected chi connectivity index (χ2v) is 5.72. The van der Waals surface area contributed by atoms with E-state index in [1.165, 1.54) is 32.2 Å². The predicted molar refractivity (Wildman–Crippen MR) is 85.9 cm³/mol. The highest BCUT2D eigenvalue weighted by molar-refractivity contribution is 5.88. The third kappa shape index (κ3) is 4.22. The molecule has 0 aliphatic carbocycles. The number of hydrogen-bond acceptors (Lipinski definition) is 8. The summed E-state index contributed by atoms with van der Waals surface area (Å²) < 4.78 is 16.2. The van der Waals surface area contributed by atoms with Gasteiger partial charge in [-0.1, -0.05) is 0 Å². The van der Waals surface area contributed by atoms with Gasteiger partial charge in [0.1, 0.15) is 24.4 Å². The van der Waals surface area contributed by atoms with E-state index in [1.54, 1.807) is 0 Å². The van der Waals surface area contributed by atoms with E-state index in [0.29, 0.717) is 0 Å². The largest absolute Gasteiger partial charge is 0.493 e. The van der Waals surface area contributed by atoms with Crippen LogP contribution >= 0.6 is 0 Å². The number of ether oxygens (including phenoxy) is 3. The first-order chi connectivity index (χ1) is 12.3. The number of hydrogen-bond donors (Lipinski definition) is 5. The smallest absolute Gasteiger partial charge is 0.335 e. The fourth-order valence-corrected chi connectivity index (χ4v) is 2.59. The molecule has 5 N–H and O–H groups in total. The van der Waals surface area contributed by atoms with Crippen LogP contribution in [0.1, 0.15) is 17.3 Å². The Kier molecular flexibility index (Phi) is 6.37. The number of aromatic carboxylic acids is 1. The Hall–Kier alpha value is -2.40. The van der Waals surface area contributed by atoms with Crippen LogP contribution in [0.4, 0.5) is 0 Å². The summed E-state index contributed by atoms with van der Waals surface area (Å²) in [6.45, 7) is 0.635. The summed E-state index contributed by atoms with van der Waals surface area (Å²) in [4.78, 5) is 22.4. The number of methoxy groups -OCH3 is 1. The van der Waals surface area contributed by atoms with Crippen molar-refractivity contribution in [3.63, 3.8) is 0 Å². The van der Waals surface area contributed by atoms with Gasteiger partial charge in [0.05, 0.1) is 19.3 Å². The third-order valence-electron chi connectivity index (χ3n) is 3.90. The van der Waals surface area contributed by atoms with Gasteiger partial charge in [-0.3, -0.25) is 4.79 Å². The molecule has 5 atom stereocenters. The average Bonchev–Trinajstić information content (AvgIpc) is 2.60. The standard InChI is InChI=1S/C16H21NO9/c1-7(19)17-12-14(21)13(20)11(6-18)26-16(12)25-9-4-3-8(15(22)23)5-10(9)24-2/h3-5,11-14,16,18,20-21H,6H2,1-2H3,(H,17,19)(H,22,23)/t11-,12-,13+,14-,16-/m1/s1. The van der Waals surface area contributed by atoms with Gasteiger partial charge in [-0.25, -0.2) is 4.79 Å². The zero-order chi connectivity index (χ0) is 19.4. The van der Waals surface area contributed by atoms with Gasteiger partial charge in [0.2, 0.25) is 12.2 Å². The molecular weight excluding hydrogens is 350 g/mol. The van der Waals surface area contributed by atoms with Crippen LogP contribution < -0.4 is 14.8 Å². The van der Waals surface area contributed by atoms with Crippen LogP contribution in [0.15, 0.2) is 18.2 Å². The van der Waals surface area contributed by atoms with Gasteiger partial charge in [-0.05, 0) is 18.2 Å². The minimum absolute atomic E-state index is 0.0270. The lowest BCUT2D eigenvalue weighted by Gasteiger charge is -2.42. The molecule has 0 unspecified atom stereocenters. The Morgan fingerprint density at radius 2 is 1.92 bits per heavy atom. The molecule has 26 heavy (non-hydrogen) atoms. The first-order valence-electron chi connectivity index (χ1n) is 7.76. The lowest BCUT2D eigenvalue weighted by atomic mass is 9.97. The van der Waals surface area contributed by atoms with E-state index in [4.69, 9.17) is 19.3 Å². The number of carbonyl (C=O) groups is 2. The molecular formula is C16H21NO9. The molecule has 1 amide bonds. The topological polar surface area (TPSA) is 155 Å². The van der Waals surface area contributed by atoms with Crippen LogP contribution in [0.2, 0.25) is 0 Å². The second kappa shape index (κ2) is 8.32. The molecule has 144 valence electrons. The van der Waals surface area contributed by atoms with Crippen LogP contribution in [-0.2, 0) is 9.53 Å². The summed E-state index contributed by atoms with van der Waals surface area (Å²) >= 11 is 0. The number of carboxylic acids is 1. The number of aliphatic hydroxyl groups excluding tert-OH is 3. The maximum absolute atomic E-state index is 11.4. The van der Waals surface area contributed by atoms with Crippen molar-refractivity contribution in [1.82, 2.24) is 5.32 Å². The number of benzene rings is 1. The number of carbonyl (C=O) groups excluding carboxylic acids is 1. The first kappa shape index (κ1) is 19.9. The number of aliphatic hydroxyl groups is 3. The minimum atomic E-state index is -1.46. The monoisotopic (exact) mass is 371 g/mol. The van der Waals surface area contributed by atoms with E-state index in [9.17, 15) is 24.9 Å². The van der Waals surface area contributed by atoms with Crippen molar-refractivity contribution < 1.29 is 44.2 Å². The predicted octanol–water partition coefficient (Wildman–Crippen LogP) is -1.28. The van der Waals surface area contributed by atoms with Crippen LogP contribution in [0, 0.1) is 0 Å². The molecule has 2 rings (SSSR count). The van der Waals surface area contributed by atoms with Crippen molar-refractivity contribution in [2.24, 2.45) is 0 Å². The Bertz CT molecular complexity index is 665. The molecule has 0 spiro atoms. The molecule has 1 aliphatic rings. The molecule has 1 fully saturated rings. The van der Waals surface area contributed by atoms with Gasteiger partial charge in [-0.2, -0.15) is 0 Å². The molecule has 0 aromatic heterocycles. The van der Waals surface area contributed by atoms with Crippen molar-refractivity contribution in [1.29, 1.82) is 0 Å². The highest BCUT2D eigenvalue weighted by atomic mass is 16.7. The number of nitrogens with one attached hydrogen (secondary N) is 1. The molecule has 1 heterocycles. The van der Waals surface area contributed by atoms with E-state index < -0.39 is 49.1 Å². The van der Waals surface area contributed by atoms with E-state index in [-0.39, 0.29) is 17.1 Å². The zero-order valence-electron chi connectivity index (χ0n) is 14.2. The quantitative estimate of drug-likeness (QED) is 0.411. The van der Waals surface area contributed by atoms with Gasteiger partial charge < -0.3 is 40.0 Å². The molecule has 10 heteroatoms. The normalized spacial score (nSPS) is 28.3. The van der Waals surface area contributed by atoms with Crippen LogP contribution in [-0.4, -0.2) is 76.7 Å². The fraction of sp³-hybridized carbons (Fsp3) is 0.500. The molecule has 1 aliphatic heterocycles. The minimum Gasteiger partial charge on any atom is -0.493 e. The molecule has 1 aromatic rings. The highest BCUT2D eigenvalue weighted by Gasteiger charge is 2.46. The molecule has 1 saturated heterocycles. The van der Waals surface area contributed by atoms with Gasteiger partial charge >= 0.3 is 5.97 Å². The van der Waals surface area contributed by atoms with Crippen molar-refractivity contribution in [2.75, 3.05) is 13.7 Å². The Balaban J connectivity index is 2.31. The highest BCUT2D eigenvalue weighted by Crippen LogP contribution is 2.32. The first-order valence-corrected chi connectivity index (χ1v) is 7.76. The lowest BCUT2D eigenvalue weighted by Crippen LogP contribution is -2.65. The summed E-state index contributed by atoms with van der Waals surface area (Å²) in [5.41, 5.74) is -0.0270. The summed E-state index contributed by atoms with van der Waals surface area (Å²) in [6.07, 6.45) is -5.30. The number of rotatable bonds is 6. The maximum Gasteiger partial charge on any atom is 0.335 e. The molecule has 0 bridgehead atoms. The summed E-state index contributed by atoms with van der Waals surface area (Å²) in [5, 5.41) is 41.0. The molecule has 10 nitrogen and oxygen atoms in total. The fourth-order valence-electron chi connectivity index (χ4n) is 2.59. The van der Waals surface area contributed by atoms with E-state index in [0.717, 1.165) is 0 Å². The van der Waals surface area contributed by atoms with Crippen LogP contribution in [0.5, 0.6) is 11.5 Å². The lowest BCUT2D eigenvalue weighted by molar-refractivity contribution is -0.244. The summed E-state index contributed by atoms with van der Waals surface area (Å²) in [7, 11) is 1.32. The van der Waals surface area contributed by atoms with E-state index in [2.05, 4.69) is 5.32 Å². The molecule has 0 radical (unpaired) electrons. The zero-order valence-corrected chi connectivity index (χ0v) is 14.2. The van der Waals surface area contributed by atoms with Gasteiger partial charge in [-0.15, -0.1) is 0 Å². The molecule has 1 aromatic carbocycles. The van der Waals surface area contributed by atoms with E-state index >= 15 is 0 Å². The Morgan fingerprint density at radius 3 is 2.46 bits per heavy atom. The van der Waals surface area contributed by atoms with Crippen LogP contribution in [0.3, 0.4) is 0 Å². The third-order valence-corrected chi connectivity index (χ3v) is 3.90. The Morgan fingerprint density at radius 1 is 1.23 bits per heavy atom. The van der Waals surface area contributed by atoms with Gasteiger partial charge in [0.15, 0.2) is 11.5 Å². The Labute approximate surface area is 148 Å². The summed E-state index contributed by atoms with van der Waals surface area (Å²) in [5.74, 6) is -1.46. The van der Waals surface area contributed by atoms with Crippen molar-refractivity contribution >= 4 is 11.9 Å². The SMILES string of the molecule is COc1cc(C(=O)O)ccc1O[C@@H]1O[C@H](CO)[C@H](O)[C@H](O)[C@H]1NC(C)=O. The second-order valence-electron chi connectivity index (χ2n) is 5.72. The van der Waals surface area contributed by atoms with Crippen LogP contribution in [0.25, 0.3) is 0 Å². The molecule has 0 saturated carbocycles. The number of carboxylic acid groups (broad SMARTS) is 1. The van der Waals surface area contributed by atoms with Crippen molar-refractivity contribution in [2.45, 2.75) is 37.6 Å². The van der Waals surface area contributed by atoms with Gasteiger partial charge in [0, 0.05) is 6.92 Å². The maximum atomic E-state index is 11.4.